The summed E-state index contributed by atoms with van der Waals surface area (Å²) in [7, 11) is -0.483. The first-order valence-electron chi connectivity index (χ1n) is 11.3. The van der Waals surface area contributed by atoms with Gasteiger partial charge in [0.15, 0.2) is 0 Å². The molecule has 1 saturated carbocycles. The molecule has 0 atom stereocenters. The zero-order valence-electron chi connectivity index (χ0n) is 19.4. The van der Waals surface area contributed by atoms with Gasteiger partial charge in [-0.25, -0.2) is 0 Å². The second-order valence-corrected chi connectivity index (χ2v) is 10.9. The maximum atomic E-state index is 13.3. The van der Waals surface area contributed by atoms with Gasteiger partial charge in [-0.3, -0.25) is 14.5 Å². The quantitative estimate of drug-likeness (QED) is 0.584. The molecule has 1 aromatic carbocycles. The van der Waals surface area contributed by atoms with Gasteiger partial charge < -0.3 is 14.4 Å². The Morgan fingerprint density at radius 3 is 2.06 bits per heavy atom. The first-order valence-corrected chi connectivity index (χ1v) is 11.3. The van der Waals surface area contributed by atoms with Gasteiger partial charge >= 0.3 is 7.12 Å². The van der Waals surface area contributed by atoms with Crippen LogP contribution in [0.5, 0.6) is 0 Å². The van der Waals surface area contributed by atoms with Crippen molar-refractivity contribution in [3.05, 3.63) is 53.1 Å². The van der Waals surface area contributed by atoms with Gasteiger partial charge in [0.2, 0.25) is 0 Å². The number of hydrogen-bond acceptors (Lipinski definition) is 5. The summed E-state index contributed by atoms with van der Waals surface area (Å²) in [6.07, 6.45) is 5.69. The summed E-state index contributed by atoms with van der Waals surface area (Å²) in [5.74, 6) is -0.480. The van der Waals surface area contributed by atoms with Gasteiger partial charge in [0.05, 0.1) is 22.3 Å². The molecule has 0 unspecified atom stereocenters. The van der Waals surface area contributed by atoms with Crippen molar-refractivity contribution < 1.29 is 24.0 Å². The van der Waals surface area contributed by atoms with Gasteiger partial charge in [-0.1, -0.05) is 36.4 Å². The van der Waals surface area contributed by atoms with Crippen molar-refractivity contribution in [2.75, 3.05) is 0 Å². The Hall–Kier alpha value is -2.22. The van der Waals surface area contributed by atoms with Crippen LogP contribution >= 0.6 is 0 Å². The van der Waals surface area contributed by atoms with E-state index < -0.39 is 29.5 Å². The Morgan fingerprint density at radius 2 is 1.53 bits per heavy atom. The van der Waals surface area contributed by atoms with E-state index in [9.17, 15) is 14.7 Å². The smallest absolute Gasteiger partial charge is 0.399 e. The summed E-state index contributed by atoms with van der Waals surface area (Å²) in [5.41, 5.74) is 0.177. The van der Waals surface area contributed by atoms with Gasteiger partial charge in [-0.2, -0.15) is 0 Å². The second kappa shape index (κ2) is 6.66. The number of benzene rings is 1. The molecule has 7 heteroatoms. The normalized spacial score (nSPS) is 33.1. The fourth-order valence-corrected chi connectivity index (χ4v) is 5.45. The molecule has 2 aliphatic heterocycles. The largest absolute Gasteiger partial charge is 0.494 e. The highest BCUT2D eigenvalue weighted by atomic mass is 16.7. The predicted molar refractivity (Wildman–Crippen MR) is 121 cm³/mol. The molecule has 1 N–H and O–H groups in total. The molecule has 5 rings (SSSR count). The number of hydrogen-bond donors (Lipinski definition) is 1. The van der Waals surface area contributed by atoms with Crippen LogP contribution in [-0.4, -0.2) is 45.7 Å². The molecule has 2 aliphatic carbocycles. The highest BCUT2D eigenvalue weighted by molar-refractivity contribution is 6.62. The lowest BCUT2D eigenvalue weighted by atomic mass is 9.61. The zero-order chi connectivity index (χ0) is 23.1. The van der Waals surface area contributed by atoms with E-state index in [1.54, 1.807) is 13.0 Å². The molecule has 0 aromatic heterocycles. The topological polar surface area (TPSA) is 76.1 Å². The number of carbonyl (C=O) groups is 2. The van der Waals surface area contributed by atoms with Gasteiger partial charge in [0.1, 0.15) is 0 Å². The van der Waals surface area contributed by atoms with Crippen molar-refractivity contribution in [3.63, 3.8) is 0 Å². The van der Waals surface area contributed by atoms with Crippen molar-refractivity contribution in [1.29, 1.82) is 0 Å². The molecule has 32 heavy (non-hydrogen) atoms. The number of aliphatic hydroxyl groups is 1. The Balaban J connectivity index is 1.47. The summed E-state index contributed by atoms with van der Waals surface area (Å²) >= 11 is 0. The average Bonchev–Trinajstić information content (AvgIpc) is 3.09. The number of imide groups is 1. The number of allylic oxidation sites excluding steroid dienone is 1. The van der Waals surface area contributed by atoms with Gasteiger partial charge in [0, 0.05) is 24.0 Å². The lowest BCUT2D eigenvalue weighted by Gasteiger charge is -2.55. The van der Waals surface area contributed by atoms with Crippen LogP contribution < -0.4 is 5.46 Å². The van der Waals surface area contributed by atoms with E-state index in [0.29, 0.717) is 30.4 Å². The lowest BCUT2D eigenvalue weighted by molar-refractivity contribution is -0.170. The molecule has 1 saturated heterocycles. The Morgan fingerprint density at radius 1 is 0.938 bits per heavy atom. The Bertz CT molecular complexity index is 1040. The molecular weight excluding hydrogens is 405 g/mol. The summed E-state index contributed by atoms with van der Waals surface area (Å²) in [4.78, 5) is 28.0. The van der Waals surface area contributed by atoms with Crippen molar-refractivity contribution in [1.82, 2.24) is 4.90 Å². The van der Waals surface area contributed by atoms with Crippen molar-refractivity contribution >= 4 is 24.4 Å². The minimum Gasteiger partial charge on any atom is -0.399 e. The molecule has 4 aliphatic rings. The van der Waals surface area contributed by atoms with E-state index >= 15 is 0 Å². The monoisotopic (exact) mass is 435 g/mol. The summed E-state index contributed by atoms with van der Waals surface area (Å²) in [6, 6.07) is 7.74. The van der Waals surface area contributed by atoms with Crippen molar-refractivity contribution in [2.24, 2.45) is 0 Å². The summed E-state index contributed by atoms with van der Waals surface area (Å²) in [5, 5.41) is 10.6. The summed E-state index contributed by atoms with van der Waals surface area (Å²) in [6.45, 7) is 9.81. The van der Waals surface area contributed by atoms with Crippen LogP contribution in [0.25, 0.3) is 0 Å². The van der Waals surface area contributed by atoms with E-state index in [1.807, 2.05) is 58.0 Å². The van der Waals surface area contributed by atoms with E-state index in [4.69, 9.17) is 9.31 Å². The predicted octanol–water partition coefficient (Wildman–Crippen LogP) is 2.74. The van der Waals surface area contributed by atoms with Gasteiger partial charge in [-0.05, 0) is 58.5 Å². The highest BCUT2D eigenvalue weighted by Crippen LogP contribution is 2.54. The van der Waals surface area contributed by atoms with Crippen LogP contribution in [-0.2, 0) is 24.4 Å². The van der Waals surface area contributed by atoms with Crippen LogP contribution in [0.3, 0.4) is 0 Å². The van der Waals surface area contributed by atoms with E-state index in [-0.39, 0.29) is 11.8 Å². The maximum absolute atomic E-state index is 13.3. The highest BCUT2D eigenvalue weighted by Gasteiger charge is 2.61. The molecule has 0 bridgehead atoms. The fraction of sp³-hybridized carbons (Fsp3) is 0.520. The lowest BCUT2D eigenvalue weighted by Crippen LogP contribution is -2.64. The number of rotatable bonds is 3. The van der Waals surface area contributed by atoms with Crippen LogP contribution in [0.15, 0.2) is 47.6 Å². The third-order valence-electron chi connectivity index (χ3n) is 7.81. The average molecular weight is 435 g/mol. The zero-order valence-corrected chi connectivity index (χ0v) is 19.4. The fourth-order valence-electron chi connectivity index (χ4n) is 5.45. The van der Waals surface area contributed by atoms with Crippen LogP contribution in [0.2, 0.25) is 0 Å². The van der Waals surface area contributed by atoms with E-state index in [2.05, 4.69) is 0 Å². The van der Waals surface area contributed by atoms with Crippen molar-refractivity contribution in [2.45, 2.75) is 82.6 Å². The molecule has 2 fully saturated rings. The van der Waals surface area contributed by atoms with Crippen LogP contribution in [0.1, 0.15) is 65.9 Å². The number of nitrogens with zero attached hydrogens (tertiary/aromatic N) is 1. The standard InChI is InChI=1S/C25H30BNO5/c1-22(2)23(3,4)32-26(31-22)17-12-10-16(11-13-17)25(14-24(5,30)15-25)27-20(28)18-8-6-7-9-19(18)21(27)29/h6,8,10-13,30H,7,9,14-15H2,1-5H3. The molecular formula is C25H30BNO5. The maximum Gasteiger partial charge on any atom is 0.494 e. The number of amides is 2. The third kappa shape index (κ3) is 2.98. The molecule has 1 aromatic rings. The van der Waals surface area contributed by atoms with E-state index in [1.165, 1.54) is 4.90 Å². The number of carbonyl (C=O) groups excluding carboxylic acids is 2. The Labute approximate surface area is 189 Å². The van der Waals surface area contributed by atoms with Crippen molar-refractivity contribution in [3.8, 4) is 0 Å². The molecule has 0 radical (unpaired) electrons. The van der Waals surface area contributed by atoms with Crippen LogP contribution in [0, 0.1) is 0 Å². The van der Waals surface area contributed by atoms with Crippen LogP contribution in [0.4, 0.5) is 0 Å². The molecule has 168 valence electrons. The molecule has 2 amide bonds. The molecule has 6 nitrogen and oxygen atoms in total. The Kier molecular flexibility index (Phi) is 4.50. The SMILES string of the molecule is CC1(O)CC(c2ccc(B3OC(C)(C)C(C)(C)O3)cc2)(N2C(=O)C3=C(CCC=C3)C2=O)C1. The first kappa shape index (κ1) is 21.6. The van der Waals surface area contributed by atoms with Gasteiger partial charge in [-0.15, -0.1) is 0 Å². The van der Waals surface area contributed by atoms with E-state index in [0.717, 1.165) is 17.4 Å². The minimum atomic E-state index is -0.927. The van der Waals surface area contributed by atoms with Gasteiger partial charge in [0.25, 0.3) is 11.8 Å². The molecule has 0 spiro atoms. The first-order chi connectivity index (χ1) is 14.9. The minimum absolute atomic E-state index is 0.222. The second-order valence-electron chi connectivity index (χ2n) is 10.9. The third-order valence-corrected chi connectivity index (χ3v) is 7.81. The summed E-state index contributed by atoms with van der Waals surface area (Å²) < 4.78 is 12.3. The molecule has 2 heterocycles.